The van der Waals surface area contributed by atoms with Crippen molar-refractivity contribution >= 4 is 64.3 Å². The van der Waals surface area contributed by atoms with Crippen molar-refractivity contribution in [3.8, 4) is 0 Å². The number of hydrogen-bond donors (Lipinski definition) is 0. The third-order valence-electron chi connectivity index (χ3n) is 3.28. The average Bonchev–Trinajstić information content (AvgIpc) is 3.06. The molecule has 0 N–H and O–H groups in total. The van der Waals surface area contributed by atoms with Gasteiger partial charge in [0.05, 0.1) is 22.0 Å². The predicted molar refractivity (Wildman–Crippen MR) is 95.8 cm³/mol. The van der Waals surface area contributed by atoms with Gasteiger partial charge < -0.3 is 4.74 Å². The maximum absolute atomic E-state index is 12.7. The molecule has 2 heterocycles. The van der Waals surface area contributed by atoms with Crippen LogP contribution < -0.4 is 4.57 Å². The number of nitrogens with zero attached hydrogens (tertiary/aromatic N) is 1. The normalized spacial score (nSPS) is 15.0. The highest BCUT2D eigenvalue weighted by Gasteiger charge is 2.41. The Bertz CT molecular complexity index is 861. The van der Waals surface area contributed by atoms with E-state index in [4.69, 9.17) is 27.9 Å². The lowest BCUT2D eigenvalue weighted by Gasteiger charge is -2.00. The van der Waals surface area contributed by atoms with Crippen molar-refractivity contribution in [2.45, 2.75) is 17.7 Å². The zero-order valence-corrected chi connectivity index (χ0v) is 15.7. The van der Waals surface area contributed by atoms with Crippen LogP contribution in [0.15, 0.2) is 32.8 Å². The number of ether oxygens (including phenoxy) is 1. The molecule has 0 amide bonds. The SMILES string of the molecule is CCOC(=O)Cc1csc2[n+]1C(=O)/C(=C\c1cccc(Cl)c1Cl)S2. The number of halogens is 2. The lowest BCUT2D eigenvalue weighted by Crippen LogP contribution is -2.43. The smallest absolute Gasteiger partial charge is 0.433 e. The van der Waals surface area contributed by atoms with E-state index in [2.05, 4.69) is 0 Å². The van der Waals surface area contributed by atoms with Crippen LogP contribution in [0.2, 0.25) is 10.0 Å². The maximum atomic E-state index is 12.7. The highest BCUT2D eigenvalue weighted by atomic mass is 35.5. The number of thiazole rings is 1. The molecule has 0 unspecified atom stereocenters. The van der Waals surface area contributed by atoms with Crippen LogP contribution >= 0.6 is 46.3 Å². The van der Waals surface area contributed by atoms with Crippen LogP contribution in [0.4, 0.5) is 0 Å². The first-order valence-electron chi connectivity index (χ1n) is 7.07. The number of carbonyl (C=O) groups excluding carboxylic acids is 2. The summed E-state index contributed by atoms with van der Waals surface area (Å²) in [7, 11) is 0. The van der Waals surface area contributed by atoms with E-state index in [1.165, 1.54) is 23.1 Å². The van der Waals surface area contributed by atoms with Gasteiger partial charge in [0.2, 0.25) is 5.69 Å². The zero-order chi connectivity index (χ0) is 17.3. The summed E-state index contributed by atoms with van der Waals surface area (Å²) in [5.41, 5.74) is 1.31. The molecule has 0 bridgehead atoms. The topological polar surface area (TPSA) is 47.2 Å². The Morgan fingerprint density at radius 3 is 2.92 bits per heavy atom. The van der Waals surface area contributed by atoms with Gasteiger partial charge in [-0.3, -0.25) is 4.79 Å². The fourth-order valence-electron chi connectivity index (χ4n) is 2.22. The molecule has 0 aliphatic carbocycles. The van der Waals surface area contributed by atoms with Gasteiger partial charge in [-0.15, -0.1) is 4.57 Å². The number of carbonyl (C=O) groups is 2. The second-order valence-electron chi connectivity index (χ2n) is 4.87. The van der Waals surface area contributed by atoms with Gasteiger partial charge in [-0.05, 0) is 24.6 Å². The van der Waals surface area contributed by atoms with Crippen LogP contribution in [0.25, 0.3) is 6.08 Å². The zero-order valence-electron chi connectivity index (χ0n) is 12.5. The minimum Gasteiger partial charge on any atom is -0.466 e. The molecule has 1 aliphatic heterocycles. The Morgan fingerprint density at radius 1 is 1.38 bits per heavy atom. The first-order chi connectivity index (χ1) is 11.5. The van der Waals surface area contributed by atoms with Gasteiger partial charge in [-0.25, -0.2) is 4.79 Å². The van der Waals surface area contributed by atoms with Crippen molar-refractivity contribution in [1.29, 1.82) is 0 Å². The Hall–Kier alpha value is -1.34. The lowest BCUT2D eigenvalue weighted by molar-refractivity contribution is -0.607. The summed E-state index contributed by atoms with van der Waals surface area (Å²) < 4.78 is 7.31. The van der Waals surface area contributed by atoms with E-state index >= 15 is 0 Å². The third kappa shape index (κ3) is 3.37. The van der Waals surface area contributed by atoms with E-state index in [-0.39, 0.29) is 18.3 Å². The van der Waals surface area contributed by atoms with Gasteiger partial charge >= 0.3 is 16.2 Å². The van der Waals surface area contributed by atoms with E-state index in [0.717, 1.165) is 4.34 Å². The highest BCUT2D eigenvalue weighted by molar-refractivity contribution is 8.05. The molecule has 0 atom stereocenters. The van der Waals surface area contributed by atoms with Crippen LogP contribution in [0, 0.1) is 0 Å². The average molecular weight is 401 g/mol. The van der Waals surface area contributed by atoms with E-state index in [1.807, 2.05) is 0 Å². The molecule has 4 nitrogen and oxygen atoms in total. The maximum Gasteiger partial charge on any atom is 0.433 e. The molecule has 24 heavy (non-hydrogen) atoms. The number of allylic oxidation sites excluding steroid dienone is 1. The minimum atomic E-state index is -0.348. The van der Waals surface area contributed by atoms with Crippen molar-refractivity contribution in [2.24, 2.45) is 0 Å². The summed E-state index contributed by atoms with van der Waals surface area (Å²) in [6.45, 7) is 2.07. The molecule has 0 saturated heterocycles. The summed E-state index contributed by atoms with van der Waals surface area (Å²) in [6, 6.07) is 5.27. The van der Waals surface area contributed by atoms with Crippen molar-refractivity contribution in [3.05, 3.63) is 49.8 Å². The Morgan fingerprint density at radius 2 is 2.17 bits per heavy atom. The molecular weight excluding hydrogens is 389 g/mol. The van der Waals surface area contributed by atoms with Gasteiger partial charge in [0.1, 0.15) is 11.3 Å². The van der Waals surface area contributed by atoms with E-state index in [9.17, 15) is 9.59 Å². The number of esters is 1. The molecule has 124 valence electrons. The van der Waals surface area contributed by atoms with E-state index in [1.54, 1.807) is 41.1 Å². The standard InChI is InChI=1S/C16H12Cl2NO3S2/c1-2-22-13(20)7-10-8-23-16-19(10)15(21)12(24-16)6-9-4-3-5-11(17)14(9)18/h3-6,8H,2,7H2,1H3/q+1/b12-6+. The first kappa shape index (κ1) is 17.5. The summed E-state index contributed by atoms with van der Waals surface area (Å²) in [5, 5.41) is 2.65. The largest absolute Gasteiger partial charge is 0.466 e. The van der Waals surface area contributed by atoms with Crippen LogP contribution in [-0.4, -0.2) is 18.5 Å². The molecule has 1 aromatic carbocycles. The Labute approximate surface area is 157 Å². The highest BCUT2D eigenvalue weighted by Crippen LogP contribution is 2.37. The molecule has 0 radical (unpaired) electrons. The van der Waals surface area contributed by atoms with Crippen molar-refractivity contribution in [3.63, 3.8) is 0 Å². The molecule has 1 aromatic heterocycles. The quantitative estimate of drug-likeness (QED) is 0.437. The third-order valence-corrected chi connectivity index (χ3v) is 6.29. The number of thioether (sulfide) groups is 1. The van der Waals surface area contributed by atoms with Crippen LogP contribution in [-0.2, 0) is 16.0 Å². The van der Waals surface area contributed by atoms with Gasteiger partial charge in [-0.1, -0.05) is 46.7 Å². The fraction of sp³-hybridized carbons (Fsp3) is 0.188. The number of hydrogen-bond acceptors (Lipinski definition) is 5. The second kappa shape index (κ2) is 7.27. The monoisotopic (exact) mass is 400 g/mol. The summed E-state index contributed by atoms with van der Waals surface area (Å²) in [6.07, 6.45) is 1.79. The Kier molecular flexibility index (Phi) is 5.30. The molecule has 1 aliphatic rings. The van der Waals surface area contributed by atoms with Crippen molar-refractivity contribution < 1.29 is 18.9 Å². The van der Waals surface area contributed by atoms with E-state index in [0.29, 0.717) is 32.8 Å². The molecular formula is C16H12Cl2NO3S2+. The fourth-order valence-corrected chi connectivity index (χ4v) is 4.76. The molecule has 0 saturated carbocycles. The Balaban J connectivity index is 1.89. The molecule has 8 heteroatoms. The summed E-state index contributed by atoms with van der Waals surface area (Å²) >= 11 is 15.0. The minimum absolute atomic E-state index is 0.0713. The molecule has 0 spiro atoms. The van der Waals surface area contributed by atoms with Crippen LogP contribution in [0.5, 0.6) is 0 Å². The molecule has 2 aromatic rings. The van der Waals surface area contributed by atoms with Gasteiger partial charge in [0.15, 0.2) is 0 Å². The van der Waals surface area contributed by atoms with Crippen LogP contribution in [0.3, 0.4) is 0 Å². The second-order valence-corrected chi connectivity index (χ2v) is 7.80. The molecule has 3 rings (SSSR count). The predicted octanol–water partition coefficient (Wildman–Crippen LogP) is 4.24. The summed E-state index contributed by atoms with van der Waals surface area (Å²) in [5.74, 6) is -0.523. The first-order valence-corrected chi connectivity index (χ1v) is 9.52. The molecule has 0 fully saturated rings. The van der Waals surface area contributed by atoms with Gasteiger partial charge in [0, 0.05) is 11.8 Å². The van der Waals surface area contributed by atoms with Crippen molar-refractivity contribution in [1.82, 2.24) is 0 Å². The lowest BCUT2D eigenvalue weighted by atomic mass is 10.2. The van der Waals surface area contributed by atoms with Crippen molar-refractivity contribution in [2.75, 3.05) is 6.61 Å². The number of aromatic nitrogens is 1. The van der Waals surface area contributed by atoms with Gasteiger partial charge in [0.25, 0.3) is 0 Å². The summed E-state index contributed by atoms with van der Waals surface area (Å²) in [4.78, 5) is 24.9. The number of rotatable bonds is 4. The van der Waals surface area contributed by atoms with E-state index < -0.39 is 0 Å². The number of benzene rings is 1. The van der Waals surface area contributed by atoms with Gasteiger partial charge in [-0.2, -0.15) is 0 Å². The number of fused-ring (bicyclic) bond motifs is 1. The van der Waals surface area contributed by atoms with Crippen LogP contribution in [0.1, 0.15) is 23.0 Å².